The predicted molar refractivity (Wildman–Crippen MR) is 108 cm³/mol. The summed E-state index contributed by atoms with van der Waals surface area (Å²) in [5, 5.41) is 3.33. The van der Waals surface area contributed by atoms with E-state index < -0.39 is 22.0 Å². The van der Waals surface area contributed by atoms with Gasteiger partial charge in [-0.15, -0.1) is 0 Å². The minimum atomic E-state index is -3.55. The molecule has 1 aliphatic heterocycles. The Balaban J connectivity index is 1.61. The van der Waals surface area contributed by atoms with E-state index in [4.69, 9.17) is 21.1 Å². The van der Waals surface area contributed by atoms with Gasteiger partial charge in [-0.1, -0.05) is 17.7 Å². The number of carbonyl (C=O) groups excluding carboxylic acids is 1. The second-order valence-electron chi connectivity index (χ2n) is 6.47. The van der Waals surface area contributed by atoms with Crippen molar-refractivity contribution in [2.45, 2.75) is 13.0 Å². The first-order valence-corrected chi connectivity index (χ1v) is 10.9. The lowest BCUT2D eigenvalue weighted by Gasteiger charge is -2.34. The standard InChI is InChI=1S/C19H21ClN2O5S/c1-13-3-8-16-17(11-13)27-18(12-22(16)28(2,24)25)19(23)21-9-10-26-15-6-4-14(20)5-7-15/h3-8,11,18H,9-10,12H2,1-2H3,(H,21,23)/t18-/m1/s1. The molecule has 1 atom stereocenters. The van der Waals surface area contributed by atoms with Gasteiger partial charge in [0.2, 0.25) is 10.0 Å². The van der Waals surface area contributed by atoms with Crippen LogP contribution in [0.2, 0.25) is 5.02 Å². The zero-order chi connectivity index (χ0) is 20.3. The lowest BCUT2D eigenvalue weighted by atomic mass is 10.1. The van der Waals surface area contributed by atoms with E-state index in [-0.39, 0.29) is 19.7 Å². The predicted octanol–water partition coefficient (Wildman–Crippen LogP) is 2.37. The number of fused-ring (bicyclic) bond motifs is 1. The molecule has 1 N–H and O–H groups in total. The van der Waals surface area contributed by atoms with E-state index in [0.717, 1.165) is 11.8 Å². The molecule has 3 rings (SSSR count). The molecule has 150 valence electrons. The summed E-state index contributed by atoms with van der Waals surface area (Å²) in [4.78, 5) is 12.5. The molecule has 0 saturated heterocycles. The van der Waals surface area contributed by atoms with Gasteiger partial charge in [0.05, 0.1) is 25.0 Å². The van der Waals surface area contributed by atoms with Crippen molar-refractivity contribution >= 4 is 33.2 Å². The van der Waals surface area contributed by atoms with Crippen LogP contribution in [0.3, 0.4) is 0 Å². The molecular formula is C19H21ClN2O5S. The SMILES string of the molecule is Cc1ccc2c(c1)O[C@@H](C(=O)NCCOc1ccc(Cl)cc1)CN2S(C)(=O)=O. The van der Waals surface area contributed by atoms with Crippen LogP contribution < -0.4 is 19.1 Å². The van der Waals surface area contributed by atoms with Crippen LogP contribution in [0.15, 0.2) is 42.5 Å². The van der Waals surface area contributed by atoms with Crippen LogP contribution in [-0.4, -0.2) is 46.4 Å². The molecule has 0 aliphatic carbocycles. The van der Waals surface area contributed by atoms with Crippen molar-refractivity contribution in [1.29, 1.82) is 0 Å². The van der Waals surface area contributed by atoms with Crippen molar-refractivity contribution in [2.75, 3.05) is 30.3 Å². The van der Waals surface area contributed by atoms with Gasteiger partial charge in [-0.25, -0.2) is 8.42 Å². The van der Waals surface area contributed by atoms with E-state index in [1.165, 1.54) is 4.31 Å². The van der Waals surface area contributed by atoms with Gasteiger partial charge in [-0.3, -0.25) is 9.10 Å². The van der Waals surface area contributed by atoms with Crippen LogP contribution in [0.5, 0.6) is 11.5 Å². The summed E-state index contributed by atoms with van der Waals surface area (Å²) >= 11 is 5.82. The zero-order valence-electron chi connectivity index (χ0n) is 15.5. The maximum absolute atomic E-state index is 12.5. The molecule has 9 heteroatoms. The second kappa shape index (κ2) is 8.28. The molecule has 0 radical (unpaired) electrons. The number of aryl methyl sites for hydroxylation is 1. The van der Waals surface area contributed by atoms with Crippen molar-refractivity contribution in [1.82, 2.24) is 5.32 Å². The van der Waals surface area contributed by atoms with E-state index in [1.54, 1.807) is 42.5 Å². The van der Waals surface area contributed by atoms with Gasteiger partial charge in [-0.2, -0.15) is 0 Å². The summed E-state index contributed by atoms with van der Waals surface area (Å²) in [5.41, 5.74) is 1.34. The Morgan fingerprint density at radius 2 is 2.00 bits per heavy atom. The molecule has 0 saturated carbocycles. The average Bonchev–Trinajstić information content (AvgIpc) is 2.64. The number of nitrogens with one attached hydrogen (secondary N) is 1. The fourth-order valence-electron chi connectivity index (χ4n) is 2.80. The number of amides is 1. The number of hydrogen-bond acceptors (Lipinski definition) is 5. The number of hydrogen-bond donors (Lipinski definition) is 1. The fourth-order valence-corrected chi connectivity index (χ4v) is 3.84. The molecule has 0 aromatic heterocycles. The fraction of sp³-hybridized carbons (Fsp3) is 0.316. The first-order valence-electron chi connectivity index (χ1n) is 8.65. The molecular weight excluding hydrogens is 404 g/mol. The maximum atomic E-state index is 12.5. The van der Waals surface area contributed by atoms with Crippen molar-refractivity contribution < 1.29 is 22.7 Å². The first kappa shape index (κ1) is 20.3. The van der Waals surface area contributed by atoms with Crippen molar-refractivity contribution in [3.63, 3.8) is 0 Å². The number of carbonyl (C=O) groups is 1. The van der Waals surface area contributed by atoms with Crippen LogP contribution in [-0.2, 0) is 14.8 Å². The van der Waals surface area contributed by atoms with E-state index in [9.17, 15) is 13.2 Å². The number of anilines is 1. The molecule has 2 aromatic rings. The molecule has 1 amide bonds. The van der Waals surface area contributed by atoms with Crippen LogP contribution in [0, 0.1) is 6.92 Å². The van der Waals surface area contributed by atoms with E-state index in [0.29, 0.717) is 22.2 Å². The monoisotopic (exact) mass is 424 g/mol. The highest BCUT2D eigenvalue weighted by Crippen LogP contribution is 2.35. The molecule has 0 unspecified atom stereocenters. The lowest BCUT2D eigenvalue weighted by Crippen LogP contribution is -2.51. The van der Waals surface area contributed by atoms with Gasteiger partial charge >= 0.3 is 0 Å². The Morgan fingerprint density at radius 3 is 2.68 bits per heavy atom. The minimum absolute atomic E-state index is 0.0846. The average molecular weight is 425 g/mol. The van der Waals surface area contributed by atoms with Gasteiger partial charge in [-0.05, 0) is 48.9 Å². The largest absolute Gasteiger partial charge is 0.492 e. The summed E-state index contributed by atoms with van der Waals surface area (Å²) in [5.74, 6) is 0.606. The Morgan fingerprint density at radius 1 is 1.29 bits per heavy atom. The highest BCUT2D eigenvalue weighted by Gasteiger charge is 2.34. The normalized spacial score (nSPS) is 16.1. The molecule has 1 heterocycles. The lowest BCUT2D eigenvalue weighted by molar-refractivity contribution is -0.127. The van der Waals surface area contributed by atoms with Gasteiger partial charge in [0, 0.05) is 5.02 Å². The second-order valence-corrected chi connectivity index (χ2v) is 8.81. The van der Waals surface area contributed by atoms with Crippen molar-refractivity contribution in [2.24, 2.45) is 0 Å². The Hall–Kier alpha value is -2.45. The Bertz CT molecular complexity index is 963. The molecule has 7 nitrogen and oxygen atoms in total. The molecule has 0 fully saturated rings. The van der Waals surface area contributed by atoms with E-state index >= 15 is 0 Å². The Labute approximate surface area is 169 Å². The van der Waals surface area contributed by atoms with E-state index in [2.05, 4.69) is 5.32 Å². The maximum Gasteiger partial charge on any atom is 0.263 e. The number of benzene rings is 2. The van der Waals surface area contributed by atoms with Crippen LogP contribution in [0.4, 0.5) is 5.69 Å². The van der Waals surface area contributed by atoms with Crippen LogP contribution >= 0.6 is 11.6 Å². The summed E-state index contributed by atoms with van der Waals surface area (Å²) in [6.07, 6.45) is 0.163. The molecule has 0 spiro atoms. The van der Waals surface area contributed by atoms with E-state index in [1.807, 2.05) is 6.92 Å². The van der Waals surface area contributed by atoms with Gasteiger partial charge in [0.15, 0.2) is 6.10 Å². The highest BCUT2D eigenvalue weighted by molar-refractivity contribution is 7.92. The third-order valence-electron chi connectivity index (χ3n) is 4.16. The summed E-state index contributed by atoms with van der Waals surface area (Å²) < 4.78 is 36.8. The molecule has 28 heavy (non-hydrogen) atoms. The Kier molecular flexibility index (Phi) is 6.00. The number of sulfonamides is 1. The van der Waals surface area contributed by atoms with Crippen molar-refractivity contribution in [3.05, 3.63) is 53.1 Å². The third kappa shape index (κ3) is 4.88. The number of nitrogens with zero attached hydrogens (tertiary/aromatic N) is 1. The summed E-state index contributed by atoms with van der Waals surface area (Å²) in [7, 11) is -3.55. The number of rotatable bonds is 6. The molecule has 2 aromatic carbocycles. The topological polar surface area (TPSA) is 84.9 Å². The van der Waals surface area contributed by atoms with Gasteiger partial charge < -0.3 is 14.8 Å². The van der Waals surface area contributed by atoms with Crippen LogP contribution in [0.25, 0.3) is 0 Å². The van der Waals surface area contributed by atoms with Crippen LogP contribution in [0.1, 0.15) is 5.56 Å². The smallest absolute Gasteiger partial charge is 0.263 e. The summed E-state index contributed by atoms with van der Waals surface area (Å²) in [6, 6.07) is 12.1. The number of ether oxygens (including phenoxy) is 2. The third-order valence-corrected chi connectivity index (χ3v) is 5.56. The molecule has 0 bridgehead atoms. The number of halogens is 1. The van der Waals surface area contributed by atoms with Gasteiger partial charge in [0.1, 0.15) is 18.1 Å². The first-order chi connectivity index (χ1) is 13.2. The summed E-state index contributed by atoms with van der Waals surface area (Å²) in [6.45, 7) is 2.29. The highest BCUT2D eigenvalue weighted by atomic mass is 35.5. The zero-order valence-corrected chi connectivity index (χ0v) is 17.1. The molecule has 1 aliphatic rings. The van der Waals surface area contributed by atoms with Crippen molar-refractivity contribution in [3.8, 4) is 11.5 Å². The van der Waals surface area contributed by atoms with Gasteiger partial charge in [0.25, 0.3) is 5.91 Å². The quantitative estimate of drug-likeness (QED) is 0.719. The minimum Gasteiger partial charge on any atom is -0.492 e.